The van der Waals surface area contributed by atoms with Gasteiger partial charge in [0.25, 0.3) is 0 Å². The van der Waals surface area contributed by atoms with Crippen LogP contribution in [0.3, 0.4) is 0 Å². The minimum Gasteiger partial charge on any atom is -0.303 e. The maximum atomic E-state index is 4.88. The van der Waals surface area contributed by atoms with Crippen molar-refractivity contribution in [1.29, 1.82) is 0 Å². The third kappa shape index (κ3) is 5.63. The predicted octanol–water partition coefficient (Wildman–Crippen LogP) is 4.00. The number of fused-ring (bicyclic) bond motifs is 2. The van der Waals surface area contributed by atoms with E-state index in [9.17, 15) is 0 Å². The highest BCUT2D eigenvalue weighted by Gasteiger charge is 2.15. The molecular formula is C26H34Cl2N6. The highest BCUT2D eigenvalue weighted by atomic mass is 35.5. The van der Waals surface area contributed by atoms with Crippen molar-refractivity contribution in [3.63, 3.8) is 0 Å². The summed E-state index contributed by atoms with van der Waals surface area (Å²) in [7, 11) is 4.34. The maximum absolute atomic E-state index is 4.88. The van der Waals surface area contributed by atoms with Crippen LogP contribution in [0.15, 0.2) is 58.7 Å². The Hall–Kier alpha value is -2.38. The first-order valence-electron chi connectivity index (χ1n) is 11.6. The van der Waals surface area contributed by atoms with Crippen molar-refractivity contribution in [2.24, 2.45) is 10.2 Å². The Bertz CT molecular complexity index is 1000. The van der Waals surface area contributed by atoms with E-state index in [0.29, 0.717) is 0 Å². The first-order valence-corrected chi connectivity index (χ1v) is 11.6. The minimum atomic E-state index is 0. The zero-order valence-electron chi connectivity index (χ0n) is 19.9. The van der Waals surface area contributed by atoms with E-state index in [4.69, 9.17) is 10.2 Å². The van der Waals surface area contributed by atoms with Gasteiger partial charge in [0.15, 0.2) is 0 Å². The standard InChI is InChI=1S/C26H32N6.2ClH/c1-29-11-15-31(16-12-29)27-19-25-21-7-3-5-9-23(21)26(24-10-6-4-8-22(24)25)20-28-32-17-13-30(2)14-18-32;;/h3-10,19-20H,11-18H2,1-2H3;2*1H/b27-19+,28-20+;;. The van der Waals surface area contributed by atoms with Crippen molar-refractivity contribution >= 4 is 58.8 Å². The lowest BCUT2D eigenvalue weighted by Gasteiger charge is -2.30. The van der Waals surface area contributed by atoms with Crippen LogP contribution in [0.1, 0.15) is 11.1 Å². The van der Waals surface area contributed by atoms with Gasteiger partial charge < -0.3 is 9.80 Å². The highest BCUT2D eigenvalue weighted by Crippen LogP contribution is 2.31. The number of hydrazone groups is 2. The van der Waals surface area contributed by atoms with E-state index in [0.717, 1.165) is 52.4 Å². The van der Waals surface area contributed by atoms with Gasteiger partial charge in [-0.2, -0.15) is 10.2 Å². The molecule has 2 aliphatic rings. The fraction of sp³-hybridized carbons (Fsp3) is 0.385. The molecular weight excluding hydrogens is 467 g/mol. The summed E-state index contributed by atoms with van der Waals surface area (Å²) in [6.07, 6.45) is 4.13. The molecule has 34 heavy (non-hydrogen) atoms. The number of benzene rings is 3. The quantitative estimate of drug-likeness (QED) is 0.400. The molecule has 3 aromatic carbocycles. The summed E-state index contributed by atoms with van der Waals surface area (Å²) >= 11 is 0. The first kappa shape index (κ1) is 26.2. The van der Waals surface area contributed by atoms with E-state index < -0.39 is 0 Å². The van der Waals surface area contributed by atoms with Gasteiger partial charge in [-0.3, -0.25) is 10.0 Å². The van der Waals surface area contributed by atoms with E-state index in [1.165, 1.54) is 32.7 Å². The van der Waals surface area contributed by atoms with Gasteiger partial charge in [-0.05, 0) is 35.6 Å². The summed E-state index contributed by atoms with van der Waals surface area (Å²) in [6, 6.07) is 17.3. The summed E-state index contributed by atoms with van der Waals surface area (Å²) < 4.78 is 0. The third-order valence-corrected chi connectivity index (χ3v) is 6.67. The van der Waals surface area contributed by atoms with Crippen LogP contribution in [0.4, 0.5) is 0 Å². The molecule has 0 aromatic heterocycles. The lowest BCUT2D eigenvalue weighted by atomic mass is 9.92. The normalized spacial score (nSPS) is 18.1. The van der Waals surface area contributed by atoms with E-state index in [1.54, 1.807) is 0 Å². The second kappa shape index (κ2) is 11.8. The average Bonchev–Trinajstić information content (AvgIpc) is 2.83. The number of halogens is 2. The topological polar surface area (TPSA) is 37.7 Å². The van der Waals surface area contributed by atoms with Crippen molar-refractivity contribution < 1.29 is 0 Å². The first-order chi connectivity index (χ1) is 15.7. The Balaban J connectivity index is 0.00000162. The molecule has 182 valence electrons. The number of rotatable bonds is 4. The molecule has 0 radical (unpaired) electrons. The summed E-state index contributed by atoms with van der Waals surface area (Å²) in [6.45, 7) is 8.11. The Labute approximate surface area is 214 Å². The summed E-state index contributed by atoms with van der Waals surface area (Å²) in [5.74, 6) is 0. The van der Waals surface area contributed by atoms with Crippen molar-refractivity contribution in [2.75, 3.05) is 66.5 Å². The van der Waals surface area contributed by atoms with Gasteiger partial charge in [-0.1, -0.05) is 48.5 Å². The molecule has 0 atom stereocenters. The third-order valence-electron chi connectivity index (χ3n) is 6.67. The van der Waals surface area contributed by atoms with Crippen LogP contribution in [0, 0.1) is 0 Å². The van der Waals surface area contributed by atoms with Crippen LogP contribution in [0.2, 0.25) is 0 Å². The van der Waals surface area contributed by atoms with Gasteiger partial charge in [0, 0.05) is 63.5 Å². The zero-order valence-corrected chi connectivity index (χ0v) is 21.6. The average molecular weight is 502 g/mol. The fourth-order valence-corrected chi connectivity index (χ4v) is 4.58. The minimum absolute atomic E-state index is 0. The molecule has 8 heteroatoms. The molecule has 5 rings (SSSR count). The molecule has 6 nitrogen and oxygen atoms in total. The van der Waals surface area contributed by atoms with E-state index in [1.807, 2.05) is 0 Å². The number of likely N-dealkylation sites (N-methyl/N-ethyl adjacent to an activating group) is 2. The lowest BCUT2D eigenvalue weighted by Crippen LogP contribution is -2.41. The molecule has 3 aromatic rings. The fourth-order valence-electron chi connectivity index (χ4n) is 4.58. The molecule has 0 amide bonds. The maximum Gasteiger partial charge on any atom is 0.0555 e. The number of piperazine rings is 2. The Morgan fingerprint density at radius 2 is 0.824 bits per heavy atom. The smallest absolute Gasteiger partial charge is 0.0555 e. The van der Waals surface area contributed by atoms with Crippen LogP contribution in [-0.4, -0.2) is 98.7 Å². The van der Waals surface area contributed by atoms with Gasteiger partial charge in [-0.25, -0.2) is 0 Å². The largest absolute Gasteiger partial charge is 0.303 e. The molecule has 0 spiro atoms. The molecule has 2 saturated heterocycles. The van der Waals surface area contributed by atoms with Gasteiger partial charge in [0.1, 0.15) is 0 Å². The molecule has 0 bridgehead atoms. The molecule has 2 fully saturated rings. The van der Waals surface area contributed by atoms with Crippen LogP contribution in [-0.2, 0) is 0 Å². The predicted molar refractivity (Wildman–Crippen MR) is 149 cm³/mol. The van der Waals surface area contributed by atoms with Crippen LogP contribution in [0.5, 0.6) is 0 Å². The van der Waals surface area contributed by atoms with Crippen molar-refractivity contribution in [2.45, 2.75) is 0 Å². The van der Waals surface area contributed by atoms with E-state index >= 15 is 0 Å². The van der Waals surface area contributed by atoms with Crippen LogP contribution >= 0.6 is 24.8 Å². The van der Waals surface area contributed by atoms with Gasteiger partial charge in [0.05, 0.1) is 12.4 Å². The molecule has 0 aliphatic carbocycles. The second-order valence-electron chi connectivity index (χ2n) is 8.92. The second-order valence-corrected chi connectivity index (χ2v) is 8.92. The van der Waals surface area contributed by atoms with Gasteiger partial charge >= 0.3 is 0 Å². The van der Waals surface area contributed by atoms with Crippen molar-refractivity contribution in [3.05, 3.63) is 59.7 Å². The van der Waals surface area contributed by atoms with Crippen LogP contribution in [0.25, 0.3) is 21.5 Å². The SMILES string of the molecule is CN1CCN(/N=C/c2c3ccccc3c(/C=N/N3CCN(C)CC3)c3ccccc23)CC1.Cl.Cl. The Morgan fingerprint density at radius 3 is 1.12 bits per heavy atom. The summed E-state index contributed by atoms with van der Waals surface area (Å²) in [5.41, 5.74) is 2.37. The Kier molecular flexibility index (Phi) is 9.14. The zero-order chi connectivity index (χ0) is 21.9. The van der Waals surface area contributed by atoms with Gasteiger partial charge in [0.2, 0.25) is 0 Å². The molecule has 2 aliphatic heterocycles. The molecule has 0 N–H and O–H groups in total. The molecule has 0 unspecified atom stereocenters. The highest BCUT2D eigenvalue weighted by molar-refractivity contribution is 6.21. The van der Waals surface area contributed by atoms with Crippen molar-refractivity contribution in [3.8, 4) is 0 Å². The van der Waals surface area contributed by atoms with Crippen LogP contribution < -0.4 is 0 Å². The van der Waals surface area contributed by atoms with E-state index in [-0.39, 0.29) is 24.8 Å². The van der Waals surface area contributed by atoms with Crippen molar-refractivity contribution in [1.82, 2.24) is 19.8 Å². The molecule has 0 saturated carbocycles. The lowest BCUT2D eigenvalue weighted by molar-refractivity contribution is 0.159. The van der Waals surface area contributed by atoms with E-state index in [2.05, 4.69) is 94.9 Å². The van der Waals surface area contributed by atoms with Gasteiger partial charge in [-0.15, -0.1) is 24.8 Å². The Morgan fingerprint density at radius 1 is 0.529 bits per heavy atom. The monoisotopic (exact) mass is 500 g/mol. The number of hydrogen-bond acceptors (Lipinski definition) is 6. The number of nitrogens with zero attached hydrogens (tertiary/aromatic N) is 6. The summed E-state index contributed by atoms with van der Waals surface area (Å²) in [5, 5.41) is 19.0. The number of hydrogen-bond donors (Lipinski definition) is 0. The summed E-state index contributed by atoms with van der Waals surface area (Å²) in [4.78, 5) is 4.70. The molecule has 2 heterocycles.